The van der Waals surface area contributed by atoms with E-state index in [2.05, 4.69) is 4.33 Å². The fourth-order valence-electron chi connectivity index (χ4n) is 1.24. The molecule has 0 aromatic rings. The molecule has 0 spiro atoms. The minimum Gasteiger partial charge on any atom is -1.00 e. The summed E-state index contributed by atoms with van der Waals surface area (Å²) in [6.07, 6.45) is 0.0966. The van der Waals surface area contributed by atoms with E-state index in [1.54, 1.807) is 6.92 Å². The molecular weight excluding hydrogens is 359 g/mol. The third kappa shape index (κ3) is 7.70. The maximum absolute atomic E-state index is 11.7. The van der Waals surface area contributed by atoms with Crippen molar-refractivity contribution in [3.8, 4) is 0 Å². The first-order chi connectivity index (χ1) is 8.74. The zero-order valence-corrected chi connectivity index (χ0v) is 17.0. The van der Waals surface area contributed by atoms with Crippen LogP contribution in [-0.2, 0) is 34.4 Å². The molecule has 0 unspecified atom stereocenters. The van der Waals surface area contributed by atoms with Gasteiger partial charge in [-0.25, -0.2) is 22.1 Å². The maximum atomic E-state index is 11.7. The van der Waals surface area contributed by atoms with Crippen molar-refractivity contribution in [2.45, 2.75) is 38.2 Å². The summed E-state index contributed by atoms with van der Waals surface area (Å²) in [6.45, 7) is 5.81. The van der Waals surface area contributed by atoms with Crippen LogP contribution in [0.5, 0.6) is 0 Å². The molecule has 21 heavy (non-hydrogen) atoms. The molecule has 0 aromatic carbocycles. The van der Waals surface area contributed by atoms with Crippen LogP contribution >= 0.6 is 0 Å². The topological polar surface area (TPSA) is 152 Å². The van der Waals surface area contributed by atoms with Gasteiger partial charge >= 0.3 is 40.0 Å². The molecule has 0 aliphatic carbocycles. The Balaban J connectivity index is -0.000000174. The predicted molar refractivity (Wildman–Crippen MR) is 74.0 cm³/mol. The predicted octanol–water partition coefficient (Wildman–Crippen LogP) is -2.62. The van der Waals surface area contributed by atoms with Crippen LogP contribution in [0.25, 0.3) is 0 Å². The van der Waals surface area contributed by atoms with Crippen LogP contribution in [0.1, 0.15) is 35.5 Å². The van der Waals surface area contributed by atoms with Crippen molar-refractivity contribution in [3.63, 3.8) is 0 Å². The molecule has 0 aliphatic heterocycles. The molecule has 0 fully saturated rings. The van der Waals surface area contributed by atoms with Gasteiger partial charge < -0.3 is 1.43 Å². The first-order valence-corrected chi connectivity index (χ1v) is 10.2. The van der Waals surface area contributed by atoms with Gasteiger partial charge in [0.1, 0.15) is 0 Å². The Labute approximate surface area is 149 Å². The Hall–Kier alpha value is 0.730. The van der Waals surface area contributed by atoms with E-state index in [-0.39, 0.29) is 48.9 Å². The molecular formula is C8H21NaO9S3. The number of hydrogen-bond acceptors (Lipinski definition) is 8. The Morgan fingerprint density at radius 2 is 1.19 bits per heavy atom. The van der Waals surface area contributed by atoms with E-state index in [9.17, 15) is 16.8 Å². The average molecular weight is 380 g/mol. The summed E-state index contributed by atoms with van der Waals surface area (Å²) in [7, 11) is -11.7. The summed E-state index contributed by atoms with van der Waals surface area (Å²) in [5.74, 6) is -0.285. The van der Waals surface area contributed by atoms with E-state index in [4.69, 9.17) is 18.2 Å². The van der Waals surface area contributed by atoms with E-state index in [1.165, 1.54) is 20.8 Å². The van der Waals surface area contributed by atoms with Gasteiger partial charge in [0.15, 0.2) is 23.8 Å². The molecule has 126 valence electrons. The summed E-state index contributed by atoms with van der Waals surface area (Å²) < 4.78 is 73.1. The fraction of sp³-hybridized carbons (Fsp3) is 1.00. The van der Waals surface area contributed by atoms with Crippen molar-refractivity contribution < 1.29 is 70.4 Å². The van der Waals surface area contributed by atoms with Crippen LogP contribution in [-0.4, -0.2) is 50.6 Å². The van der Waals surface area contributed by atoms with Crippen LogP contribution in [0.3, 0.4) is 0 Å². The van der Waals surface area contributed by atoms with E-state index in [0.29, 0.717) is 0 Å². The van der Waals surface area contributed by atoms with Gasteiger partial charge in [0.2, 0.25) is 0 Å². The largest absolute Gasteiger partial charge is 1.00 e. The average Bonchev–Trinajstić information content (AvgIpc) is 2.37. The molecule has 0 rings (SSSR count). The van der Waals surface area contributed by atoms with Gasteiger partial charge in [0, 0.05) is 11.5 Å². The second-order valence-corrected chi connectivity index (χ2v) is 10.5. The van der Waals surface area contributed by atoms with Crippen molar-refractivity contribution in [2.24, 2.45) is 0 Å². The Morgan fingerprint density at radius 1 is 0.952 bits per heavy atom. The molecule has 0 saturated heterocycles. The summed E-state index contributed by atoms with van der Waals surface area (Å²) in [5.41, 5.74) is 0. The zero-order valence-electron chi connectivity index (χ0n) is 13.6. The third-order valence-corrected chi connectivity index (χ3v) is 9.25. The van der Waals surface area contributed by atoms with Crippen LogP contribution < -0.4 is 29.6 Å². The number of sulfone groups is 2. The molecule has 0 aromatic heterocycles. The van der Waals surface area contributed by atoms with Gasteiger partial charge in [-0.2, -0.15) is 8.42 Å². The van der Waals surface area contributed by atoms with Crippen molar-refractivity contribution >= 4 is 30.1 Å². The molecule has 0 heterocycles. The fourth-order valence-corrected chi connectivity index (χ4v) is 5.60. The summed E-state index contributed by atoms with van der Waals surface area (Å²) >= 11 is 0. The second kappa shape index (κ2) is 9.78. The molecule has 13 heteroatoms. The Bertz CT molecular complexity index is 563. The van der Waals surface area contributed by atoms with Crippen molar-refractivity contribution in [1.82, 2.24) is 0 Å². The number of rotatable bonds is 6. The normalized spacial score (nSPS) is 12.9. The van der Waals surface area contributed by atoms with Gasteiger partial charge in [0.05, 0.1) is 0 Å². The van der Waals surface area contributed by atoms with Crippen molar-refractivity contribution in [1.29, 1.82) is 0 Å². The summed E-state index contributed by atoms with van der Waals surface area (Å²) in [4.78, 5) is 0. The maximum Gasteiger partial charge on any atom is 1.00 e. The second-order valence-electron chi connectivity index (χ2n) is 3.80. The van der Waals surface area contributed by atoms with Gasteiger partial charge in [-0.15, -0.1) is 0 Å². The minimum atomic E-state index is -4.61. The van der Waals surface area contributed by atoms with Crippen LogP contribution in [0, 0.1) is 0 Å². The van der Waals surface area contributed by atoms with Gasteiger partial charge in [-0.05, 0) is 13.3 Å². The van der Waals surface area contributed by atoms with E-state index < -0.39 is 34.2 Å². The molecule has 2 N–H and O–H groups in total. The SMILES string of the molecule is CCC(C)(S(=O)(=O)CC)S(=O)(=O)CC.O=S(=O)(O)OO.[H-].[Na+]. The Morgan fingerprint density at radius 3 is 1.29 bits per heavy atom. The van der Waals surface area contributed by atoms with Crippen LogP contribution in [0.15, 0.2) is 0 Å². The van der Waals surface area contributed by atoms with Crippen LogP contribution in [0.2, 0.25) is 0 Å². The zero-order chi connectivity index (χ0) is 16.8. The van der Waals surface area contributed by atoms with Crippen molar-refractivity contribution in [3.05, 3.63) is 0 Å². The first kappa shape index (κ1) is 26.6. The van der Waals surface area contributed by atoms with E-state index in [0.717, 1.165) is 0 Å². The standard InChI is InChI=1S/C8H18O4S2.Na.H2O5S.H/c1-5-8(4,13(9,10)6-2)14(11,12)7-3;;1-5-6(2,3)4;/h5-7H2,1-4H3;;1H,(H,2,3,4);/q;+1;;-1. The van der Waals surface area contributed by atoms with E-state index >= 15 is 0 Å². The first-order valence-electron chi connectivity index (χ1n) is 5.49. The van der Waals surface area contributed by atoms with Crippen molar-refractivity contribution in [2.75, 3.05) is 11.5 Å². The van der Waals surface area contributed by atoms with Gasteiger partial charge in [-0.3, -0.25) is 4.55 Å². The van der Waals surface area contributed by atoms with Crippen LogP contribution in [0.4, 0.5) is 0 Å². The molecule has 0 aliphatic rings. The minimum absolute atomic E-state index is 0. The number of hydrogen-bond donors (Lipinski definition) is 2. The molecule has 0 bridgehead atoms. The Kier molecular flexibility index (Phi) is 12.4. The molecule has 9 nitrogen and oxygen atoms in total. The monoisotopic (exact) mass is 380 g/mol. The smallest absolute Gasteiger partial charge is 1.00 e. The quantitative estimate of drug-likeness (QED) is 0.218. The third-order valence-electron chi connectivity index (χ3n) is 2.81. The molecule has 0 radical (unpaired) electrons. The van der Waals surface area contributed by atoms with E-state index in [1.807, 2.05) is 0 Å². The van der Waals surface area contributed by atoms with Gasteiger partial charge in [0.25, 0.3) is 0 Å². The molecule has 0 amide bonds. The summed E-state index contributed by atoms with van der Waals surface area (Å²) in [6, 6.07) is 0. The molecule has 0 atom stereocenters. The van der Waals surface area contributed by atoms with Gasteiger partial charge in [-0.1, -0.05) is 25.1 Å². The summed E-state index contributed by atoms with van der Waals surface area (Å²) in [5, 5.41) is 7.06. The molecule has 0 saturated carbocycles.